The highest BCUT2D eigenvalue weighted by Crippen LogP contribution is 2.32. The molecule has 4 nitrogen and oxygen atoms in total. The lowest BCUT2D eigenvalue weighted by Crippen LogP contribution is -2.13. The summed E-state index contributed by atoms with van der Waals surface area (Å²) in [7, 11) is 0. The molecule has 0 aliphatic rings. The Morgan fingerprint density at radius 3 is 2.31 bits per heavy atom. The Morgan fingerprint density at radius 1 is 0.917 bits per heavy atom. The second kappa shape index (κ2) is 10.6. The van der Waals surface area contributed by atoms with E-state index >= 15 is 0 Å². The normalized spacial score (nSPS) is 11.3. The zero-order valence-electron chi connectivity index (χ0n) is 19.8. The first kappa shape index (κ1) is 25.0. The predicted molar refractivity (Wildman–Crippen MR) is 137 cm³/mol. The first-order chi connectivity index (χ1) is 17.2. The maximum Gasteiger partial charge on any atom is 0.416 e. The van der Waals surface area contributed by atoms with Gasteiger partial charge in [-0.1, -0.05) is 48.0 Å². The van der Waals surface area contributed by atoms with Gasteiger partial charge >= 0.3 is 6.18 Å². The molecule has 4 aromatic rings. The van der Waals surface area contributed by atoms with Crippen LogP contribution in [-0.4, -0.2) is 10.9 Å². The largest absolute Gasteiger partial charge is 0.416 e. The second-order valence-corrected chi connectivity index (χ2v) is 8.68. The average molecular weight is 490 g/mol. The topological polar surface area (TPSA) is 68.0 Å². The summed E-state index contributed by atoms with van der Waals surface area (Å²) in [4.78, 5) is 17.4. The Hall–Kier alpha value is -4.13. The fourth-order valence-electron chi connectivity index (χ4n) is 4.00. The lowest BCUT2D eigenvalue weighted by atomic mass is 9.96. The SMILES string of the molecule is Cc1ccc(C(=O)Nc2ccc(CCCc3cccc(N)n3)cc2)c(-c2ccc(C(F)(F)F)cc2)c1. The number of hydrogen-bond acceptors (Lipinski definition) is 3. The number of anilines is 2. The first-order valence-corrected chi connectivity index (χ1v) is 11.6. The summed E-state index contributed by atoms with van der Waals surface area (Å²) in [6.45, 7) is 1.87. The molecular formula is C29H26F3N3O. The van der Waals surface area contributed by atoms with E-state index in [9.17, 15) is 18.0 Å². The van der Waals surface area contributed by atoms with Crippen LogP contribution in [0.4, 0.5) is 24.7 Å². The molecule has 0 bridgehead atoms. The van der Waals surface area contributed by atoms with Crippen molar-refractivity contribution in [1.29, 1.82) is 0 Å². The summed E-state index contributed by atoms with van der Waals surface area (Å²) in [5.74, 6) is 0.188. The lowest BCUT2D eigenvalue weighted by molar-refractivity contribution is -0.137. The Kier molecular flexibility index (Phi) is 7.38. The number of halogens is 3. The molecule has 0 saturated heterocycles. The third-order valence-electron chi connectivity index (χ3n) is 5.88. The zero-order valence-corrected chi connectivity index (χ0v) is 19.8. The number of nitrogen functional groups attached to an aromatic ring is 1. The number of carbonyl (C=O) groups excluding carboxylic acids is 1. The molecule has 7 heteroatoms. The number of aryl methyl sites for hydroxylation is 3. The summed E-state index contributed by atoms with van der Waals surface area (Å²) in [6.07, 6.45) is -1.81. The highest BCUT2D eigenvalue weighted by molar-refractivity contribution is 6.08. The Balaban J connectivity index is 1.43. The highest BCUT2D eigenvalue weighted by Gasteiger charge is 2.30. The maximum absolute atomic E-state index is 13.1. The van der Waals surface area contributed by atoms with Gasteiger partial charge in [0.2, 0.25) is 0 Å². The minimum Gasteiger partial charge on any atom is -0.384 e. The molecule has 0 aliphatic carbocycles. The second-order valence-electron chi connectivity index (χ2n) is 8.68. The number of rotatable bonds is 7. The molecule has 1 heterocycles. The van der Waals surface area contributed by atoms with E-state index in [1.54, 1.807) is 24.3 Å². The Bertz CT molecular complexity index is 1350. The number of aromatic nitrogens is 1. The molecule has 4 rings (SSSR count). The van der Waals surface area contributed by atoms with E-state index in [4.69, 9.17) is 5.73 Å². The molecule has 3 aromatic carbocycles. The van der Waals surface area contributed by atoms with Gasteiger partial charge in [-0.2, -0.15) is 13.2 Å². The molecule has 0 unspecified atom stereocenters. The van der Waals surface area contributed by atoms with Crippen LogP contribution in [0.25, 0.3) is 11.1 Å². The fraction of sp³-hybridized carbons (Fsp3) is 0.172. The van der Waals surface area contributed by atoms with E-state index < -0.39 is 11.7 Å². The van der Waals surface area contributed by atoms with E-state index in [1.165, 1.54) is 12.1 Å². The molecule has 0 atom stereocenters. The molecule has 0 saturated carbocycles. The van der Waals surface area contributed by atoms with Gasteiger partial charge < -0.3 is 11.1 Å². The van der Waals surface area contributed by atoms with Crippen molar-refractivity contribution in [3.05, 3.63) is 113 Å². The van der Waals surface area contributed by atoms with Crippen LogP contribution in [0.2, 0.25) is 0 Å². The van der Waals surface area contributed by atoms with Gasteiger partial charge in [-0.3, -0.25) is 4.79 Å². The quantitative estimate of drug-likeness (QED) is 0.291. The molecule has 0 fully saturated rings. The molecule has 3 N–H and O–H groups in total. The van der Waals surface area contributed by atoms with Gasteiger partial charge in [0.1, 0.15) is 5.82 Å². The third kappa shape index (κ3) is 6.30. The number of nitrogens with two attached hydrogens (primary N) is 1. The molecule has 1 aromatic heterocycles. The Labute approximate surface area is 208 Å². The summed E-state index contributed by atoms with van der Waals surface area (Å²) >= 11 is 0. The standard InChI is InChI=1S/C29H26F3N3O/c1-19-8-17-25(26(18-19)21-11-13-22(14-12-21)29(30,31)32)28(36)35-24-15-9-20(10-16-24)4-2-5-23-6-3-7-27(33)34-23/h3,6-18H,2,4-5H2,1H3,(H2,33,34)(H,35,36). The van der Waals surface area contributed by atoms with Crippen molar-refractivity contribution in [2.75, 3.05) is 11.1 Å². The Morgan fingerprint density at radius 2 is 1.64 bits per heavy atom. The van der Waals surface area contributed by atoms with Crippen LogP contribution < -0.4 is 11.1 Å². The summed E-state index contributed by atoms with van der Waals surface area (Å²) in [5.41, 5.74) is 10.1. The molecular weight excluding hydrogens is 463 g/mol. The van der Waals surface area contributed by atoms with Crippen LogP contribution in [0.15, 0.2) is 84.9 Å². The predicted octanol–water partition coefficient (Wildman–Crippen LogP) is 7.09. The van der Waals surface area contributed by atoms with Crippen molar-refractivity contribution in [3.63, 3.8) is 0 Å². The van der Waals surface area contributed by atoms with Crippen molar-refractivity contribution in [3.8, 4) is 11.1 Å². The van der Waals surface area contributed by atoms with Gasteiger partial charge in [0.05, 0.1) is 5.56 Å². The fourth-order valence-corrected chi connectivity index (χ4v) is 4.00. The minimum atomic E-state index is -4.41. The number of benzene rings is 3. The summed E-state index contributed by atoms with van der Waals surface area (Å²) in [5, 5.41) is 2.90. The molecule has 36 heavy (non-hydrogen) atoms. The van der Waals surface area contributed by atoms with Crippen LogP contribution in [0.1, 0.15) is 39.2 Å². The van der Waals surface area contributed by atoms with Gasteiger partial charge in [0.25, 0.3) is 5.91 Å². The van der Waals surface area contributed by atoms with Crippen molar-refractivity contribution in [2.24, 2.45) is 0 Å². The summed E-state index contributed by atoms with van der Waals surface area (Å²) in [6, 6.07) is 23.4. The van der Waals surface area contributed by atoms with Gasteiger partial charge in [0, 0.05) is 16.9 Å². The lowest BCUT2D eigenvalue weighted by Gasteiger charge is -2.13. The van der Waals surface area contributed by atoms with Gasteiger partial charge in [-0.05, 0) is 85.3 Å². The minimum absolute atomic E-state index is 0.328. The number of amides is 1. The monoisotopic (exact) mass is 489 g/mol. The number of nitrogens with zero attached hydrogens (tertiary/aromatic N) is 1. The number of carbonyl (C=O) groups is 1. The van der Waals surface area contributed by atoms with E-state index in [-0.39, 0.29) is 5.91 Å². The molecule has 0 radical (unpaired) electrons. The van der Waals surface area contributed by atoms with Crippen LogP contribution in [-0.2, 0) is 19.0 Å². The highest BCUT2D eigenvalue weighted by atomic mass is 19.4. The van der Waals surface area contributed by atoms with E-state index in [1.807, 2.05) is 43.3 Å². The molecule has 0 aliphatic heterocycles. The first-order valence-electron chi connectivity index (χ1n) is 11.6. The van der Waals surface area contributed by atoms with Crippen LogP contribution >= 0.6 is 0 Å². The van der Waals surface area contributed by atoms with Crippen molar-refractivity contribution in [2.45, 2.75) is 32.4 Å². The van der Waals surface area contributed by atoms with E-state index in [2.05, 4.69) is 10.3 Å². The van der Waals surface area contributed by atoms with Gasteiger partial charge in [0.15, 0.2) is 0 Å². The average Bonchev–Trinajstić information content (AvgIpc) is 2.84. The van der Waals surface area contributed by atoms with Crippen molar-refractivity contribution >= 4 is 17.4 Å². The smallest absolute Gasteiger partial charge is 0.384 e. The number of alkyl halides is 3. The van der Waals surface area contributed by atoms with Crippen LogP contribution in [0.5, 0.6) is 0 Å². The molecule has 184 valence electrons. The molecule has 1 amide bonds. The van der Waals surface area contributed by atoms with Crippen molar-refractivity contribution < 1.29 is 18.0 Å². The van der Waals surface area contributed by atoms with E-state index in [0.29, 0.717) is 28.2 Å². The van der Waals surface area contributed by atoms with Crippen LogP contribution in [0.3, 0.4) is 0 Å². The number of nitrogens with one attached hydrogen (secondary N) is 1. The summed E-state index contributed by atoms with van der Waals surface area (Å²) < 4.78 is 38.9. The molecule has 0 spiro atoms. The number of hydrogen-bond donors (Lipinski definition) is 2. The van der Waals surface area contributed by atoms with Crippen molar-refractivity contribution in [1.82, 2.24) is 4.98 Å². The van der Waals surface area contributed by atoms with Crippen LogP contribution in [0, 0.1) is 6.92 Å². The van der Waals surface area contributed by atoms with E-state index in [0.717, 1.165) is 48.2 Å². The number of pyridine rings is 1. The zero-order chi connectivity index (χ0) is 25.7. The van der Waals surface area contributed by atoms with Gasteiger partial charge in [-0.15, -0.1) is 0 Å². The maximum atomic E-state index is 13.1. The third-order valence-corrected chi connectivity index (χ3v) is 5.88. The van der Waals surface area contributed by atoms with Gasteiger partial charge in [-0.25, -0.2) is 4.98 Å².